The maximum absolute atomic E-state index is 12.0. The molecule has 0 saturated carbocycles. The molecule has 1 aromatic rings. The Morgan fingerprint density at radius 1 is 1.21 bits per heavy atom. The molecule has 1 rings (SSSR count). The molecule has 0 unspecified atom stereocenters. The van der Waals surface area contributed by atoms with Crippen LogP contribution in [0.1, 0.15) is 24.2 Å². The lowest BCUT2D eigenvalue weighted by molar-refractivity contribution is -0.122. The summed E-state index contributed by atoms with van der Waals surface area (Å²) in [5, 5.41) is 2.80. The van der Waals surface area contributed by atoms with Crippen LogP contribution in [0, 0.1) is 3.57 Å². The first kappa shape index (κ1) is 16.1. The zero-order valence-electron chi connectivity index (χ0n) is 11.4. The maximum Gasteiger partial charge on any atom is 0.234 e. The molecule has 19 heavy (non-hydrogen) atoms. The van der Waals surface area contributed by atoms with Crippen molar-refractivity contribution >= 4 is 34.3 Å². The van der Waals surface area contributed by atoms with Gasteiger partial charge in [-0.25, -0.2) is 0 Å². The number of carbonyl (C=O) groups is 2. The van der Waals surface area contributed by atoms with Crippen molar-refractivity contribution in [3.63, 3.8) is 0 Å². The minimum absolute atomic E-state index is 0.0243. The smallest absolute Gasteiger partial charge is 0.234 e. The summed E-state index contributed by atoms with van der Waals surface area (Å²) >= 11 is 2.20. The van der Waals surface area contributed by atoms with Gasteiger partial charge in [0.05, 0.1) is 13.1 Å². The van der Waals surface area contributed by atoms with Gasteiger partial charge in [0, 0.05) is 15.2 Å². The van der Waals surface area contributed by atoms with Crippen LogP contribution >= 0.6 is 22.6 Å². The van der Waals surface area contributed by atoms with Crippen molar-refractivity contribution in [1.82, 2.24) is 10.2 Å². The third-order valence-corrected chi connectivity index (χ3v) is 3.16. The van der Waals surface area contributed by atoms with Crippen LogP contribution in [0.3, 0.4) is 0 Å². The van der Waals surface area contributed by atoms with Crippen molar-refractivity contribution in [2.45, 2.75) is 19.9 Å². The average Bonchev–Trinajstić information content (AvgIpc) is 2.27. The summed E-state index contributed by atoms with van der Waals surface area (Å²) < 4.78 is 1.10. The number of hydrogen-bond acceptors (Lipinski definition) is 3. The highest BCUT2D eigenvalue weighted by atomic mass is 127. The van der Waals surface area contributed by atoms with Crippen molar-refractivity contribution in [3.8, 4) is 0 Å². The molecule has 0 fully saturated rings. The fourth-order valence-corrected chi connectivity index (χ4v) is 2.00. The van der Waals surface area contributed by atoms with Gasteiger partial charge < -0.3 is 5.32 Å². The Labute approximate surface area is 127 Å². The summed E-state index contributed by atoms with van der Waals surface area (Å²) in [5.74, 6) is -0.0378. The largest absolute Gasteiger partial charge is 0.353 e. The van der Waals surface area contributed by atoms with E-state index in [-0.39, 0.29) is 30.8 Å². The van der Waals surface area contributed by atoms with Crippen LogP contribution in [0.15, 0.2) is 24.3 Å². The quantitative estimate of drug-likeness (QED) is 0.612. The van der Waals surface area contributed by atoms with Crippen LogP contribution in [0.5, 0.6) is 0 Å². The number of halogens is 1. The predicted octanol–water partition coefficient (Wildman–Crippen LogP) is 1.93. The van der Waals surface area contributed by atoms with E-state index in [1.165, 1.54) is 0 Å². The molecular formula is C14H19IN2O2. The van der Waals surface area contributed by atoms with E-state index in [4.69, 9.17) is 0 Å². The Hall–Kier alpha value is -0.950. The molecule has 1 N–H and O–H groups in total. The number of nitrogens with one attached hydrogen (secondary N) is 1. The van der Waals surface area contributed by atoms with Crippen LogP contribution in [-0.4, -0.2) is 42.8 Å². The number of rotatable bonds is 6. The number of Topliss-reactive ketones (excluding diaryl/α,β-unsaturated/α-hetero) is 1. The first-order chi connectivity index (χ1) is 8.88. The highest BCUT2D eigenvalue weighted by Gasteiger charge is 2.12. The Morgan fingerprint density at radius 3 is 2.32 bits per heavy atom. The predicted molar refractivity (Wildman–Crippen MR) is 84.3 cm³/mol. The Morgan fingerprint density at radius 2 is 1.79 bits per heavy atom. The summed E-state index contributed by atoms with van der Waals surface area (Å²) in [6.45, 7) is 4.30. The summed E-state index contributed by atoms with van der Waals surface area (Å²) in [7, 11) is 1.77. The lowest BCUT2D eigenvalue weighted by Gasteiger charge is -2.16. The van der Waals surface area contributed by atoms with Crippen molar-refractivity contribution in [2.75, 3.05) is 20.1 Å². The molecule has 5 heteroatoms. The zero-order chi connectivity index (χ0) is 14.4. The van der Waals surface area contributed by atoms with Gasteiger partial charge in [-0.05, 0) is 55.6 Å². The highest BCUT2D eigenvalue weighted by molar-refractivity contribution is 14.1. The van der Waals surface area contributed by atoms with Gasteiger partial charge >= 0.3 is 0 Å². The molecule has 0 spiro atoms. The monoisotopic (exact) mass is 374 g/mol. The standard InChI is InChI=1S/C14H19IN2O2/c1-10(2)16-14(19)9-17(3)8-13(18)11-4-6-12(15)7-5-11/h4-7,10H,8-9H2,1-3H3,(H,16,19). The van der Waals surface area contributed by atoms with Crippen LogP contribution in [0.25, 0.3) is 0 Å². The minimum Gasteiger partial charge on any atom is -0.353 e. The molecular weight excluding hydrogens is 355 g/mol. The van der Waals surface area contributed by atoms with Gasteiger partial charge in [-0.1, -0.05) is 12.1 Å². The van der Waals surface area contributed by atoms with Crippen molar-refractivity contribution < 1.29 is 9.59 Å². The topological polar surface area (TPSA) is 49.4 Å². The minimum atomic E-state index is -0.0621. The first-order valence-electron chi connectivity index (χ1n) is 6.15. The van der Waals surface area contributed by atoms with Gasteiger partial charge in [0.25, 0.3) is 0 Å². The van der Waals surface area contributed by atoms with E-state index in [0.29, 0.717) is 5.56 Å². The van der Waals surface area contributed by atoms with E-state index >= 15 is 0 Å². The lowest BCUT2D eigenvalue weighted by atomic mass is 10.1. The number of carbonyl (C=O) groups excluding carboxylic acids is 2. The van der Waals surface area contributed by atoms with Crippen LogP contribution in [0.2, 0.25) is 0 Å². The zero-order valence-corrected chi connectivity index (χ0v) is 13.6. The van der Waals surface area contributed by atoms with Gasteiger partial charge in [-0.15, -0.1) is 0 Å². The van der Waals surface area contributed by atoms with Crippen LogP contribution in [0.4, 0.5) is 0 Å². The van der Waals surface area contributed by atoms with E-state index in [2.05, 4.69) is 27.9 Å². The maximum atomic E-state index is 12.0. The molecule has 1 aromatic carbocycles. The second-order valence-electron chi connectivity index (χ2n) is 4.82. The third kappa shape index (κ3) is 6.15. The molecule has 4 nitrogen and oxygen atoms in total. The first-order valence-corrected chi connectivity index (χ1v) is 7.23. The molecule has 1 amide bonds. The van der Waals surface area contributed by atoms with Gasteiger partial charge in [-0.3, -0.25) is 14.5 Å². The lowest BCUT2D eigenvalue weighted by Crippen LogP contribution is -2.40. The summed E-state index contributed by atoms with van der Waals surface area (Å²) in [6, 6.07) is 7.55. The van der Waals surface area contributed by atoms with Crippen LogP contribution < -0.4 is 5.32 Å². The van der Waals surface area contributed by atoms with Crippen molar-refractivity contribution in [1.29, 1.82) is 0 Å². The fraction of sp³-hybridized carbons (Fsp3) is 0.429. The molecule has 104 valence electrons. The molecule has 0 atom stereocenters. The molecule has 0 aliphatic carbocycles. The molecule has 0 saturated heterocycles. The third-order valence-electron chi connectivity index (χ3n) is 2.44. The number of hydrogen-bond donors (Lipinski definition) is 1. The molecule has 0 heterocycles. The molecule has 0 aliphatic heterocycles. The van der Waals surface area contributed by atoms with Gasteiger partial charge in [0.2, 0.25) is 5.91 Å². The van der Waals surface area contributed by atoms with E-state index in [1.54, 1.807) is 11.9 Å². The molecule has 0 radical (unpaired) electrons. The van der Waals surface area contributed by atoms with E-state index in [0.717, 1.165) is 3.57 Å². The Balaban J connectivity index is 2.48. The number of nitrogens with zero attached hydrogens (tertiary/aromatic N) is 1. The second kappa shape index (κ2) is 7.59. The SMILES string of the molecule is CC(C)NC(=O)CN(C)CC(=O)c1ccc(I)cc1. The van der Waals surface area contributed by atoms with E-state index in [9.17, 15) is 9.59 Å². The van der Waals surface area contributed by atoms with Gasteiger partial charge in [-0.2, -0.15) is 0 Å². The average molecular weight is 374 g/mol. The van der Waals surface area contributed by atoms with Gasteiger partial charge in [0.1, 0.15) is 0 Å². The van der Waals surface area contributed by atoms with Crippen LogP contribution in [-0.2, 0) is 4.79 Å². The number of amides is 1. The molecule has 0 aromatic heterocycles. The fourth-order valence-electron chi connectivity index (χ4n) is 1.64. The second-order valence-corrected chi connectivity index (χ2v) is 6.07. The molecule has 0 aliphatic rings. The van der Waals surface area contributed by atoms with E-state index in [1.807, 2.05) is 38.1 Å². The van der Waals surface area contributed by atoms with Gasteiger partial charge in [0.15, 0.2) is 5.78 Å². The normalized spacial score (nSPS) is 10.8. The number of likely N-dealkylation sites (N-methyl/N-ethyl adjacent to an activating group) is 1. The number of ketones is 1. The Kier molecular flexibility index (Phi) is 6.44. The number of benzene rings is 1. The highest BCUT2D eigenvalue weighted by Crippen LogP contribution is 2.07. The van der Waals surface area contributed by atoms with Crippen molar-refractivity contribution in [3.05, 3.63) is 33.4 Å². The molecule has 0 bridgehead atoms. The van der Waals surface area contributed by atoms with Crippen molar-refractivity contribution in [2.24, 2.45) is 0 Å². The summed E-state index contributed by atoms with van der Waals surface area (Å²) in [6.07, 6.45) is 0. The Bertz CT molecular complexity index is 443. The summed E-state index contributed by atoms with van der Waals surface area (Å²) in [5.41, 5.74) is 0.677. The van der Waals surface area contributed by atoms with E-state index < -0.39 is 0 Å². The summed E-state index contributed by atoms with van der Waals surface area (Å²) in [4.78, 5) is 25.3.